The van der Waals surface area contributed by atoms with Gasteiger partial charge in [0.2, 0.25) is 5.91 Å². The third kappa shape index (κ3) is 3.52. The Morgan fingerprint density at radius 3 is 2.89 bits per heavy atom. The lowest BCUT2D eigenvalue weighted by Gasteiger charge is -2.23. The molecular weight excluding hydrogens is 366 g/mol. The SMILES string of the molecule is CCN(Cc1ccc2c(c1)OCCO2)C(=O)Cn1cnc2sccc2c1=O. The molecule has 0 saturated carbocycles. The summed E-state index contributed by atoms with van der Waals surface area (Å²) in [4.78, 5) is 31.9. The van der Waals surface area contributed by atoms with E-state index in [1.54, 1.807) is 11.0 Å². The fraction of sp³-hybridized carbons (Fsp3) is 0.316. The maximum absolute atomic E-state index is 12.7. The highest BCUT2D eigenvalue weighted by Crippen LogP contribution is 2.31. The zero-order valence-electron chi connectivity index (χ0n) is 14.9. The van der Waals surface area contributed by atoms with Crippen LogP contribution in [0, 0.1) is 0 Å². The van der Waals surface area contributed by atoms with Gasteiger partial charge in [0.1, 0.15) is 24.6 Å². The normalized spacial score (nSPS) is 12.9. The molecule has 0 saturated heterocycles. The number of carbonyl (C=O) groups is 1. The van der Waals surface area contributed by atoms with E-state index in [2.05, 4.69) is 4.98 Å². The minimum Gasteiger partial charge on any atom is -0.486 e. The lowest BCUT2D eigenvalue weighted by molar-refractivity contribution is -0.132. The van der Waals surface area contributed by atoms with E-state index in [0.717, 1.165) is 11.3 Å². The summed E-state index contributed by atoms with van der Waals surface area (Å²) in [6.45, 7) is 3.93. The van der Waals surface area contributed by atoms with Crippen LogP contribution in [0.4, 0.5) is 0 Å². The molecule has 1 amide bonds. The van der Waals surface area contributed by atoms with Crippen LogP contribution >= 0.6 is 11.3 Å². The summed E-state index contributed by atoms with van der Waals surface area (Å²) in [5.41, 5.74) is 0.762. The Hall–Kier alpha value is -2.87. The van der Waals surface area contributed by atoms with Gasteiger partial charge in [-0.1, -0.05) is 6.07 Å². The van der Waals surface area contributed by atoms with E-state index in [1.807, 2.05) is 30.5 Å². The summed E-state index contributed by atoms with van der Waals surface area (Å²) >= 11 is 1.41. The van der Waals surface area contributed by atoms with Crippen LogP contribution in [0.5, 0.6) is 11.5 Å². The Bertz CT molecular complexity index is 1040. The molecule has 1 aliphatic rings. The fourth-order valence-electron chi connectivity index (χ4n) is 3.03. The molecule has 0 fully saturated rings. The number of nitrogens with zero attached hydrogens (tertiary/aromatic N) is 3. The van der Waals surface area contributed by atoms with Crippen LogP contribution in [0.2, 0.25) is 0 Å². The van der Waals surface area contributed by atoms with E-state index in [4.69, 9.17) is 9.47 Å². The third-order valence-electron chi connectivity index (χ3n) is 4.47. The molecular formula is C19H19N3O4S. The number of likely N-dealkylation sites (N-methyl/N-ethyl adjacent to an activating group) is 1. The molecule has 0 atom stereocenters. The highest BCUT2D eigenvalue weighted by atomic mass is 32.1. The zero-order valence-corrected chi connectivity index (χ0v) is 15.7. The standard InChI is InChI=1S/C19H19N3O4S/c1-2-21(10-13-3-4-15-16(9-13)26-7-6-25-15)17(23)11-22-12-20-18-14(19(22)24)5-8-27-18/h3-5,8-9,12H,2,6-7,10-11H2,1H3. The molecule has 0 bridgehead atoms. The van der Waals surface area contributed by atoms with Crippen molar-refractivity contribution in [3.05, 3.63) is 51.9 Å². The summed E-state index contributed by atoms with van der Waals surface area (Å²) in [7, 11) is 0. The number of fused-ring (bicyclic) bond motifs is 2. The highest BCUT2D eigenvalue weighted by Gasteiger charge is 2.17. The lowest BCUT2D eigenvalue weighted by atomic mass is 10.1. The average Bonchev–Trinajstić information content (AvgIpc) is 3.17. The van der Waals surface area contributed by atoms with Crippen molar-refractivity contribution >= 4 is 27.5 Å². The molecule has 0 spiro atoms. The lowest BCUT2D eigenvalue weighted by Crippen LogP contribution is -2.36. The van der Waals surface area contributed by atoms with Crippen molar-refractivity contribution < 1.29 is 14.3 Å². The van der Waals surface area contributed by atoms with Gasteiger partial charge in [0.25, 0.3) is 5.56 Å². The number of hydrogen-bond acceptors (Lipinski definition) is 6. The first-order valence-electron chi connectivity index (χ1n) is 8.74. The molecule has 7 nitrogen and oxygen atoms in total. The summed E-state index contributed by atoms with van der Waals surface area (Å²) in [5.74, 6) is 1.29. The summed E-state index contributed by atoms with van der Waals surface area (Å²) in [6.07, 6.45) is 1.44. The molecule has 0 aliphatic carbocycles. The molecule has 3 aromatic rings. The predicted octanol–water partition coefficient (Wildman–Crippen LogP) is 2.28. The Balaban J connectivity index is 1.51. The minimum atomic E-state index is -0.190. The van der Waals surface area contributed by atoms with Crippen molar-refractivity contribution in [3.8, 4) is 11.5 Å². The number of thiophene rings is 1. The molecule has 140 valence electrons. The topological polar surface area (TPSA) is 73.7 Å². The molecule has 1 aromatic carbocycles. The molecule has 0 radical (unpaired) electrons. The number of aromatic nitrogens is 2. The van der Waals surface area contributed by atoms with Crippen LogP contribution < -0.4 is 15.0 Å². The molecule has 8 heteroatoms. The van der Waals surface area contributed by atoms with Gasteiger partial charge in [0.05, 0.1) is 11.7 Å². The van der Waals surface area contributed by atoms with Crippen LogP contribution in [0.25, 0.3) is 10.2 Å². The van der Waals surface area contributed by atoms with Gasteiger partial charge < -0.3 is 14.4 Å². The van der Waals surface area contributed by atoms with Crippen LogP contribution in [0.15, 0.2) is 40.8 Å². The van der Waals surface area contributed by atoms with Gasteiger partial charge in [-0.2, -0.15) is 0 Å². The van der Waals surface area contributed by atoms with Gasteiger partial charge in [0.15, 0.2) is 11.5 Å². The van der Waals surface area contributed by atoms with Crippen LogP contribution in [-0.2, 0) is 17.9 Å². The summed E-state index contributed by atoms with van der Waals surface area (Å²) < 4.78 is 12.5. The zero-order chi connectivity index (χ0) is 18.8. The number of ether oxygens (including phenoxy) is 2. The Labute approximate surface area is 159 Å². The van der Waals surface area contributed by atoms with E-state index in [1.165, 1.54) is 22.2 Å². The van der Waals surface area contributed by atoms with Gasteiger partial charge in [-0.3, -0.25) is 14.2 Å². The maximum atomic E-state index is 12.7. The molecule has 4 rings (SSSR count). The van der Waals surface area contributed by atoms with E-state index < -0.39 is 0 Å². The Kier molecular flexibility index (Phi) is 4.81. The number of benzene rings is 1. The molecule has 0 N–H and O–H groups in total. The first-order chi connectivity index (χ1) is 13.2. The van der Waals surface area contributed by atoms with Gasteiger partial charge in [0, 0.05) is 13.1 Å². The van der Waals surface area contributed by atoms with Crippen LogP contribution in [0.1, 0.15) is 12.5 Å². The number of carbonyl (C=O) groups excluding carboxylic acids is 1. The van der Waals surface area contributed by atoms with E-state index in [0.29, 0.717) is 42.3 Å². The smallest absolute Gasteiger partial charge is 0.262 e. The number of amides is 1. The van der Waals surface area contributed by atoms with E-state index in [9.17, 15) is 9.59 Å². The van der Waals surface area contributed by atoms with Crippen molar-refractivity contribution in [2.45, 2.75) is 20.0 Å². The van der Waals surface area contributed by atoms with Crippen molar-refractivity contribution in [2.24, 2.45) is 0 Å². The maximum Gasteiger partial charge on any atom is 0.262 e. The Morgan fingerprint density at radius 1 is 1.26 bits per heavy atom. The minimum absolute atomic E-state index is 0.0317. The van der Waals surface area contributed by atoms with E-state index >= 15 is 0 Å². The summed E-state index contributed by atoms with van der Waals surface area (Å²) in [6, 6.07) is 7.42. The molecule has 0 unspecified atom stereocenters. The van der Waals surface area contributed by atoms with Crippen molar-refractivity contribution in [1.82, 2.24) is 14.5 Å². The van der Waals surface area contributed by atoms with Crippen molar-refractivity contribution in [3.63, 3.8) is 0 Å². The number of hydrogen-bond donors (Lipinski definition) is 0. The monoisotopic (exact) mass is 385 g/mol. The molecule has 2 aromatic heterocycles. The first kappa shape index (κ1) is 17.5. The third-order valence-corrected chi connectivity index (χ3v) is 5.29. The van der Waals surface area contributed by atoms with Crippen molar-refractivity contribution in [2.75, 3.05) is 19.8 Å². The van der Waals surface area contributed by atoms with Gasteiger partial charge in [-0.05, 0) is 36.1 Å². The number of rotatable bonds is 5. The van der Waals surface area contributed by atoms with Gasteiger partial charge in [-0.25, -0.2) is 4.98 Å². The van der Waals surface area contributed by atoms with E-state index in [-0.39, 0.29) is 18.0 Å². The first-order valence-corrected chi connectivity index (χ1v) is 9.62. The summed E-state index contributed by atoms with van der Waals surface area (Å²) in [5, 5.41) is 2.37. The second-order valence-electron chi connectivity index (χ2n) is 6.20. The van der Waals surface area contributed by atoms with Crippen LogP contribution in [-0.4, -0.2) is 40.1 Å². The van der Waals surface area contributed by atoms with Gasteiger partial charge >= 0.3 is 0 Å². The molecule has 3 heterocycles. The van der Waals surface area contributed by atoms with Gasteiger partial charge in [-0.15, -0.1) is 11.3 Å². The second kappa shape index (κ2) is 7.40. The second-order valence-corrected chi connectivity index (χ2v) is 7.10. The Morgan fingerprint density at radius 2 is 2.07 bits per heavy atom. The highest BCUT2D eigenvalue weighted by molar-refractivity contribution is 7.16. The molecule has 1 aliphatic heterocycles. The quantitative estimate of drug-likeness (QED) is 0.674. The largest absolute Gasteiger partial charge is 0.486 e. The predicted molar refractivity (Wildman–Crippen MR) is 102 cm³/mol. The van der Waals surface area contributed by atoms with Crippen molar-refractivity contribution in [1.29, 1.82) is 0 Å². The fourth-order valence-corrected chi connectivity index (χ4v) is 3.76. The molecule has 27 heavy (non-hydrogen) atoms. The average molecular weight is 385 g/mol. The van der Waals surface area contributed by atoms with Crippen LogP contribution in [0.3, 0.4) is 0 Å².